The number of carbonyl (C=O) groups excluding carboxylic acids is 3. The lowest BCUT2D eigenvalue weighted by Gasteiger charge is -2.14. The average molecular weight is 258 g/mol. The highest BCUT2D eigenvalue weighted by molar-refractivity contribution is 6.08. The van der Waals surface area contributed by atoms with Crippen LogP contribution in [-0.2, 0) is 28.6 Å². The summed E-state index contributed by atoms with van der Waals surface area (Å²) in [6, 6.07) is 0. The summed E-state index contributed by atoms with van der Waals surface area (Å²) in [4.78, 5) is 35.3. The third-order valence-corrected chi connectivity index (χ3v) is 2.81. The third kappa shape index (κ3) is 2.47. The molecule has 0 aromatic heterocycles. The van der Waals surface area contributed by atoms with Crippen LogP contribution in [0.5, 0.6) is 0 Å². The van der Waals surface area contributed by atoms with E-state index in [1.54, 1.807) is 20.8 Å². The van der Waals surface area contributed by atoms with Crippen LogP contribution in [0.3, 0.4) is 0 Å². The summed E-state index contributed by atoms with van der Waals surface area (Å²) in [6.45, 7) is 5.44. The molecule has 1 fully saturated rings. The van der Waals surface area contributed by atoms with Gasteiger partial charge in [0.1, 0.15) is 0 Å². The van der Waals surface area contributed by atoms with Gasteiger partial charge in [-0.05, 0) is 27.2 Å². The first-order valence-electron chi connectivity index (χ1n) is 6.05. The summed E-state index contributed by atoms with van der Waals surface area (Å²) < 4.78 is 14.5. The van der Waals surface area contributed by atoms with Crippen LogP contribution < -0.4 is 0 Å². The number of ether oxygens (including phenoxy) is 3. The Bertz CT molecular complexity index is 330. The van der Waals surface area contributed by atoms with Gasteiger partial charge < -0.3 is 14.2 Å². The first-order valence-corrected chi connectivity index (χ1v) is 6.05. The maximum Gasteiger partial charge on any atom is 0.324 e. The summed E-state index contributed by atoms with van der Waals surface area (Å²) in [5, 5.41) is 0. The number of rotatable bonds is 6. The van der Waals surface area contributed by atoms with Gasteiger partial charge in [-0.1, -0.05) is 0 Å². The molecule has 102 valence electrons. The Kier molecular flexibility index (Phi) is 4.69. The quantitative estimate of drug-likeness (QED) is 0.396. The Balaban J connectivity index is 2.83. The standard InChI is InChI=1S/C12H18O6/c1-4-16-9(13)8-7-12(8,10(14)17-5-2)11(15)18-6-3/h8H,4-7H2,1-3H3. The maximum absolute atomic E-state index is 11.8. The van der Waals surface area contributed by atoms with Gasteiger partial charge in [0.25, 0.3) is 0 Å². The van der Waals surface area contributed by atoms with E-state index in [9.17, 15) is 14.4 Å². The molecule has 1 atom stereocenters. The lowest BCUT2D eigenvalue weighted by Crippen LogP contribution is -2.34. The van der Waals surface area contributed by atoms with E-state index in [1.165, 1.54) is 0 Å². The van der Waals surface area contributed by atoms with Crippen LogP contribution in [0, 0.1) is 11.3 Å². The molecule has 0 aromatic rings. The van der Waals surface area contributed by atoms with Crippen LogP contribution in [-0.4, -0.2) is 37.7 Å². The summed E-state index contributed by atoms with van der Waals surface area (Å²) in [6.07, 6.45) is 0.101. The second-order valence-corrected chi connectivity index (χ2v) is 3.92. The van der Waals surface area contributed by atoms with Gasteiger partial charge in [-0.3, -0.25) is 14.4 Å². The zero-order chi connectivity index (χ0) is 13.8. The normalized spacial score (nSPS) is 19.8. The minimum atomic E-state index is -1.49. The van der Waals surface area contributed by atoms with Crippen molar-refractivity contribution in [1.82, 2.24) is 0 Å². The molecule has 1 rings (SSSR count). The van der Waals surface area contributed by atoms with Gasteiger partial charge in [0.05, 0.1) is 25.7 Å². The summed E-state index contributed by atoms with van der Waals surface area (Å²) >= 11 is 0. The first-order chi connectivity index (χ1) is 8.54. The largest absolute Gasteiger partial charge is 0.466 e. The van der Waals surface area contributed by atoms with Gasteiger partial charge in [-0.15, -0.1) is 0 Å². The summed E-state index contributed by atoms with van der Waals surface area (Å²) in [5.74, 6) is -2.75. The van der Waals surface area contributed by atoms with Crippen molar-refractivity contribution < 1.29 is 28.6 Å². The molecule has 0 bridgehead atoms. The van der Waals surface area contributed by atoms with Crippen LogP contribution in [0.25, 0.3) is 0 Å². The number of hydrogen-bond acceptors (Lipinski definition) is 6. The van der Waals surface area contributed by atoms with E-state index < -0.39 is 29.2 Å². The zero-order valence-electron chi connectivity index (χ0n) is 10.9. The van der Waals surface area contributed by atoms with E-state index in [1.807, 2.05) is 0 Å². The topological polar surface area (TPSA) is 78.9 Å². The maximum atomic E-state index is 11.8. The Morgan fingerprint density at radius 1 is 0.944 bits per heavy atom. The van der Waals surface area contributed by atoms with Gasteiger partial charge >= 0.3 is 17.9 Å². The van der Waals surface area contributed by atoms with Crippen molar-refractivity contribution >= 4 is 17.9 Å². The van der Waals surface area contributed by atoms with Crippen molar-refractivity contribution in [3.8, 4) is 0 Å². The van der Waals surface area contributed by atoms with E-state index in [4.69, 9.17) is 14.2 Å². The third-order valence-electron chi connectivity index (χ3n) is 2.81. The van der Waals surface area contributed by atoms with Crippen molar-refractivity contribution in [3.05, 3.63) is 0 Å². The second kappa shape index (κ2) is 5.84. The molecule has 0 radical (unpaired) electrons. The molecule has 0 spiro atoms. The average Bonchev–Trinajstić information content (AvgIpc) is 3.06. The molecule has 0 aromatic carbocycles. The molecule has 1 aliphatic rings. The van der Waals surface area contributed by atoms with E-state index in [0.29, 0.717) is 0 Å². The molecule has 0 heterocycles. The van der Waals surface area contributed by atoms with Gasteiger partial charge in [0, 0.05) is 0 Å². The SMILES string of the molecule is CCOC(=O)C1CC1(C(=O)OCC)C(=O)OCC. The predicted molar refractivity (Wildman–Crippen MR) is 60.4 cm³/mol. The molecule has 0 N–H and O–H groups in total. The molecule has 1 aliphatic carbocycles. The number of carbonyl (C=O) groups is 3. The van der Waals surface area contributed by atoms with Crippen LogP contribution in [0.1, 0.15) is 27.2 Å². The molecule has 1 unspecified atom stereocenters. The highest BCUT2D eigenvalue weighted by Crippen LogP contribution is 2.55. The molecule has 6 nitrogen and oxygen atoms in total. The van der Waals surface area contributed by atoms with Crippen molar-refractivity contribution in [2.24, 2.45) is 11.3 Å². The van der Waals surface area contributed by atoms with Crippen LogP contribution >= 0.6 is 0 Å². The fourth-order valence-corrected chi connectivity index (χ4v) is 1.84. The fraction of sp³-hybridized carbons (Fsp3) is 0.750. The van der Waals surface area contributed by atoms with E-state index >= 15 is 0 Å². The van der Waals surface area contributed by atoms with Gasteiger partial charge in [0.15, 0.2) is 5.41 Å². The molecule has 1 saturated carbocycles. The summed E-state index contributed by atoms with van der Waals surface area (Å²) in [5.41, 5.74) is -1.49. The van der Waals surface area contributed by atoms with Crippen molar-refractivity contribution in [3.63, 3.8) is 0 Å². The molecular weight excluding hydrogens is 240 g/mol. The van der Waals surface area contributed by atoms with E-state index in [2.05, 4.69) is 0 Å². The predicted octanol–water partition coefficient (Wildman–Crippen LogP) is 0.682. The molecule has 0 saturated heterocycles. The molecule has 0 aliphatic heterocycles. The lowest BCUT2D eigenvalue weighted by atomic mass is 10.0. The summed E-state index contributed by atoms with van der Waals surface area (Å²) in [7, 11) is 0. The monoisotopic (exact) mass is 258 g/mol. The molecule has 6 heteroatoms. The van der Waals surface area contributed by atoms with Crippen molar-refractivity contribution in [2.45, 2.75) is 27.2 Å². The lowest BCUT2D eigenvalue weighted by molar-refractivity contribution is -0.168. The van der Waals surface area contributed by atoms with Gasteiger partial charge in [-0.25, -0.2) is 0 Å². The Hall–Kier alpha value is -1.59. The number of hydrogen-bond donors (Lipinski definition) is 0. The van der Waals surface area contributed by atoms with Crippen molar-refractivity contribution in [2.75, 3.05) is 19.8 Å². The first kappa shape index (κ1) is 14.5. The van der Waals surface area contributed by atoms with Crippen molar-refractivity contribution in [1.29, 1.82) is 0 Å². The van der Waals surface area contributed by atoms with Crippen LogP contribution in [0.15, 0.2) is 0 Å². The van der Waals surface area contributed by atoms with Crippen LogP contribution in [0.2, 0.25) is 0 Å². The zero-order valence-corrected chi connectivity index (χ0v) is 10.9. The Morgan fingerprint density at radius 2 is 1.39 bits per heavy atom. The number of esters is 3. The molecular formula is C12H18O6. The van der Waals surface area contributed by atoms with E-state index in [0.717, 1.165) is 0 Å². The second-order valence-electron chi connectivity index (χ2n) is 3.92. The van der Waals surface area contributed by atoms with Crippen LogP contribution in [0.4, 0.5) is 0 Å². The van der Waals surface area contributed by atoms with Gasteiger partial charge in [0.2, 0.25) is 0 Å². The Morgan fingerprint density at radius 3 is 1.78 bits per heavy atom. The Labute approximate surface area is 106 Å². The highest BCUT2D eigenvalue weighted by atomic mass is 16.6. The smallest absolute Gasteiger partial charge is 0.324 e. The van der Waals surface area contributed by atoms with E-state index in [-0.39, 0.29) is 26.2 Å². The van der Waals surface area contributed by atoms with Gasteiger partial charge in [-0.2, -0.15) is 0 Å². The fourth-order valence-electron chi connectivity index (χ4n) is 1.84. The highest BCUT2D eigenvalue weighted by Gasteiger charge is 2.72. The molecule has 18 heavy (non-hydrogen) atoms. The minimum Gasteiger partial charge on any atom is -0.466 e. The minimum absolute atomic E-state index is 0.101. The molecule has 0 amide bonds.